The van der Waals surface area contributed by atoms with Gasteiger partial charge >= 0.3 is 0 Å². The van der Waals surface area contributed by atoms with E-state index in [2.05, 4.69) is 25.5 Å². The molecule has 8 heteroatoms. The Bertz CT molecular complexity index is 662. The van der Waals surface area contributed by atoms with Crippen LogP contribution in [0.25, 0.3) is 11.4 Å². The van der Waals surface area contributed by atoms with Gasteiger partial charge < -0.3 is 9.64 Å². The second-order valence-electron chi connectivity index (χ2n) is 5.45. The van der Waals surface area contributed by atoms with Crippen molar-refractivity contribution in [3.05, 3.63) is 22.5 Å². The van der Waals surface area contributed by atoms with Crippen LogP contribution >= 0.6 is 11.6 Å². The van der Waals surface area contributed by atoms with Gasteiger partial charge in [-0.25, -0.2) is 4.39 Å². The molecule has 0 aliphatic carbocycles. The first kappa shape index (κ1) is 15.2. The van der Waals surface area contributed by atoms with E-state index in [1.165, 1.54) is 0 Å². The number of H-pyrrole nitrogens is 1. The van der Waals surface area contributed by atoms with Gasteiger partial charge in [-0.3, -0.25) is 0 Å². The Hall–Kier alpha value is -1.73. The van der Waals surface area contributed by atoms with E-state index < -0.39 is 5.82 Å². The molecule has 2 aromatic rings. The van der Waals surface area contributed by atoms with E-state index in [1.54, 1.807) is 6.07 Å². The molecule has 0 saturated carbocycles. The highest BCUT2D eigenvalue weighted by Crippen LogP contribution is 2.41. The Morgan fingerprint density at radius 2 is 2.32 bits per heavy atom. The van der Waals surface area contributed by atoms with Gasteiger partial charge in [-0.1, -0.05) is 11.6 Å². The van der Waals surface area contributed by atoms with Crippen molar-refractivity contribution in [2.75, 3.05) is 24.6 Å². The Morgan fingerprint density at radius 1 is 1.50 bits per heavy atom. The lowest BCUT2D eigenvalue weighted by molar-refractivity contribution is 0.0843. The molecule has 1 aromatic heterocycles. The van der Waals surface area contributed by atoms with Crippen LogP contribution in [0.4, 0.5) is 10.1 Å². The summed E-state index contributed by atoms with van der Waals surface area (Å²) in [6, 6.07) is 1.68. The van der Waals surface area contributed by atoms with Crippen molar-refractivity contribution >= 4 is 17.3 Å². The molecule has 0 spiro atoms. The first-order chi connectivity index (χ1) is 10.6. The molecule has 2 heterocycles. The fourth-order valence-corrected chi connectivity index (χ4v) is 2.91. The fourth-order valence-electron chi connectivity index (χ4n) is 2.68. The van der Waals surface area contributed by atoms with Crippen LogP contribution in [0.1, 0.15) is 19.4 Å². The minimum absolute atomic E-state index is 0.0823. The number of nitrogens with one attached hydrogen (secondary N) is 1. The topological polar surface area (TPSA) is 66.9 Å². The van der Waals surface area contributed by atoms with Gasteiger partial charge in [0.2, 0.25) is 5.82 Å². The molecule has 1 aliphatic rings. The second kappa shape index (κ2) is 6.18. The predicted molar refractivity (Wildman–Crippen MR) is 81.6 cm³/mol. The maximum atomic E-state index is 14.5. The Kier molecular flexibility index (Phi) is 4.26. The normalized spacial score (nSPS) is 14.0. The summed E-state index contributed by atoms with van der Waals surface area (Å²) in [5.41, 5.74) is 2.09. The molecule has 1 aromatic carbocycles. The fraction of sp³-hybridized carbons (Fsp3) is 0.500. The molecule has 1 aliphatic heterocycles. The van der Waals surface area contributed by atoms with Crippen molar-refractivity contribution in [2.24, 2.45) is 0 Å². The number of ether oxygens (including phenoxy) is 1. The molecule has 22 heavy (non-hydrogen) atoms. The largest absolute Gasteiger partial charge is 0.377 e. The van der Waals surface area contributed by atoms with Gasteiger partial charge in [0, 0.05) is 13.1 Å². The lowest BCUT2D eigenvalue weighted by Crippen LogP contribution is -2.27. The summed E-state index contributed by atoms with van der Waals surface area (Å²) in [7, 11) is 0. The molecule has 3 rings (SSSR count). The number of tetrazole rings is 1. The molecule has 1 N–H and O–H groups in total. The van der Waals surface area contributed by atoms with Crippen LogP contribution < -0.4 is 4.90 Å². The highest BCUT2D eigenvalue weighted by molar-refractivity contribution is 6.31. The van der Waals surface area contributed by atoms with Crippen LogP contribution in [0.3, 0.4) is 0 Å². The molecule has 0 atom stereocenters. The molecule has 0 saturated heterocycles. The number of anilines is 1. The van der Waals surface area contributed by atoms with Crippen LogP contribution in [-0.4, -0.2) is 46.4 Å². The van der Waals surface area contributed by atoms with Crippen molar-refractivity contribution in [3.63, 3.8) is 0 Å². The van der Waals surface area contributed by atoms with E-state index in [4.69, 9.17) is 16.3 Å². The van der Waals surface area contributed by atoms with E-state index in [0.29, 0.717) is 18.7 Å². The summed E-state index contributed by atoms with van der Waals surface area (Å²) < 4.78 is 20.1. The van der Waals surface area contributed by atoms with Crippen LogP contribution in [0.2, 0.25) is 5.02 Å². The van der Waals surface area contributed by atoms with E-state index in [9.17, 15) is 4.39 Å². The summed E-state index contributed by atoms with van der Waals surface area (Å²) in [5.74, 6) is -0.300. The van der Waals surface area contributed by atoms with Crippen LogP contribution in [0, 0.1) is 5.82 Å². The maximum absolute atomic E-state index is 14.5. The number of nitrogens with zero attached hydrogens (tertiary/aromatic N) is 4. The first-order valence-corrected chi connectivity index (χ1v) is 7.57. The van der Waals surface area contributed by atoms with Gasteiger partial charge in [0.25, 0.3) is 0 Å². The first-order valence-electron chi connectivity index (χ1n) is 7.19. The molecule has 118 valence electrons. The van der Waals surface area contributed by atoms with Gasteiger partial charge in [-0.15, -0.1) is 10.2 Å². The zero-order chi connectivity index (χ0) is 15.7. The van der Waals surface area contributed by atoms with Crippen molar-refractivity contribution < 1.29 is 9.13 Å². The molecule has 0 bridgehead atoms. The minimum Gasteiger partial charge on any atom is -0.377 e. The monoisotopic (exact) mass is 325 g/mol. The Labute approximate surface area is 132 Å². The van der Waals surface area contributed by atoms with Gasteiger partial charge in [-0.2, -0.15) is 5.21 Å². The van der Waals surface area contributed by atoms with E-state index >= 15 is 0 Å². The number of hydrogen-bond donors (Lipinski definition) is 1. The highest BCUT2D eigenvalue weighted by atomic mass is 35.5. The van der Waals surface area contributed by atoms with Crippen molar-refractivity contribution in [3.8, 4) is 11.4 Å². The Balaban J connectivity index is 1.97. The SMILES string of the molecule is CC(C)OCCN1CCc2cc(Cl)c(F)c(-c3nn[nH]n3)c21. The molecule has 6 nitrogen and oxygen atoms in total. The summed E-state index contributed by atoms with van der Waals surface area (Å²) >= 11 is 6.00. The smallest absolute Gasteiger partial charge is 0.209 e. The van der Waals surface area contributed by atoms with Crippen molar-refractivity contribution in [1.82, 2.24) is 20.6 Å². The van der Waals surface area contributed by atoms with Crippen LogP contribution in [0.5, 0.6) is 0 Å². The second-order valence-corrected chi connectivity index (χ2v) is 5.85. The predicted octanol–water partition coefficient (Wildman–Crippen LogP) is 2.45. The van der Waals surface area contributed by atoms with Crippen LogP contribution in [0.15, 0.2) is 6.07 Å². The quantitative estimate of drug-likeness (QED) is 0.914. The molecule has 0 fully saturated rings. The summed E-state index contributed by atoms with van der Waals surface area (Å²) in [6.07, 6.45) is 0.975. The minimum atomic E-state index is -0.515. The summed E-state index contributed by atoms with van der Waals surface area (Å²) in [5, 5.41) is 13.8. The number of rotatable bonds is 5. The van der Waals surface area contributed by atoms with Crippen LogP contribution in [-0.2, 0) is 11.2 Å². The molecular formula is C14H17ClFN5O. The van der Waals surface area contributed by atoms with Gasteiger partial charge in [0.05, 0.1) is 29.0 Å². The summed E-state index contributed by atoms with van der Waals surface area (Å²) in [6.45, 7) is 6.02. The third kappa shape index (κ3) is 2.78. The average molecular weight is 326 g/mol. The number of hydrogen-bond acceptors (Lipinski definition) is 5. The lowest BCUT2D eigenvalue weighted by atomic mass is 10.1. The zero-order valence-corrected chi connectivity index (χ0v) is 13.2. The molecular weight excluding hydrogens is 309 g/mol. The zero-order valence-electron chi connectivity index (χ0n) is 12.4. The van der Waals surface area contributed by atoms with Crippen molar-refractivity contribution in [2.45, 2.75) is 26.4 Å². The number of halogens is 2. The highest BCUT2D eigenvalue weighted by Gasteiger charge is 2.29. The number of fused-ring (bicyclic) bond motifs is 1. The number of benzene rings is 1. The molecule has 0 unspecified atom stereocenters. The lowest BCUT2D eigenvalue weighted by Gasteiger charge is -2.22. The number of aromatic amines is 1. The maximum Gasteiger partial charge on any atom is 0.209 e. The standard InChI is InChI=1S/C14H17ClFN5O/c1-8(2)22-6-5-21-4-3-9-7-10(15)12(16)11(13(9)21)14-17-19-20-18-14/h7-8H,3-6H2,1-2H3,(H,17,18,19,20). The van der Waals surface area contributed by atoms with E-state index in [-0.39, 0.29) is 17.0 Å². The molecule has 0 radical (unpaired) electrons. The van der Waals surface area contributed by atoms with E-state index in [0.717, 1.165) is 24.2 Å². The van der Waals surface area contributed by atoms with E-state index in [1.807, 2.05) is 13.8 Å². The molecule has 0 amide bonds. The Morgan fingerprint density at radius 3 is 3.00 bits per heavy atom. The number of aromatic nitrogens is 4. The average Bonchev–Trinajstić information content (AvgIpc) is 3.11. The van der Waals surface area contributed by atoms with Gasteiger partial charge in [0.1, 0.15) is 0 Å². The van der Waals surface area contributed by atoms with Gasteiger partial charge in [-0.05, 0) is 37.1 Å². The third-order valence-corrected chi connectivity index (χ3v) is 3.89. The van der Waals surface area contributed by atoms with Gasteiger partial charge in [0.15, 0.2) is 5.82 Å². The third-order valence-electron chi connectivity index (χ3n) is 3.62. The van der Waals surface area contributed by atoms with Crippen molar-refractivity contribution in [1.29, 1.82) is 0 Å². The summed E-state index contributed by atoms with van der Waals surface area (Å²) in [4.78, 5) is 2.09.